The zero-order valence-electron chi connectivity index (χ0n) is 25.9. The van der Waals surface area contributed by atoms with Crippen molar-refractivity contribution in [2.24, 2.45) is 29.6 Å². The summed E-state index contributed by atoms with van der Waals surface area (Å²) in [5.74, 6) is 5.74. The molecule has 0 saturated heterocycles. The number of benzene rings is 1. The molecule has 2 saturated carbocycles. The minimum absolute atomic E-state index is 0.445. The van der Waals surface area contributed by atoms with Crippen LogP contribution in [-0.4, -0.2) is 26.8 Å². The van der Waals surface area contributed by atoms with Crippen LogP contribution in [0.1, 0.15) is 104 Å². The van der Waals surface area contributed by atoms with E-state index in [4.69, 9.17) is 9.47 Å². The largest absolute Gasteiger partial charge is 0.497 e. The first-order chi connectivity index (χ1) is 19.0. The topological polar surface area (TPSA) is 21.7 Å². The van der Waals surface area contributed by atoms with Crippen LogP contribution >= 0.6 is 0 Å². The van der Waals surface area contributed by atoms with Gasteiger partial charge in [-0.3, -0.25) is 0 Å². The molecule has 5 rings (SSSR count). The molecule has 1 aromatic carbocycles. The summed E-state index contributed by atoms with van der Waals surface area (Å²) in [4.78, 5) is 2.70. The van der Waals surface area contributed by atoms with E-state index in [2.05, 4.69) is 56.5 Å². The van der Waals surface area contributed by atoms with E-state index in [0.717, 1.165) is 60.4 Å². The Labute approximate surface area is 239 Å². The predicted molar refractivity (Wildman–Crippen MR) is 167 cm³/mol. The molecule has 3 nitrogen and oxygen atoms in total. The van der Waals surface area contributed by atoms with Crippen molar-refractivity contribution in [3.05, 3.63) is 53.1 Å². The lowest BCUT2D eigenvalue weighted by Crippen LogP contribution is -2.44. The van der Waals surface area contributed by atoms with Crippen molar-refractivity contribution in [2.45, 2.75) is 98.8 Å². The summed E-state index contributed by atoms with van der Waals surface area (Å²) in [5.41, 5.74) is 7.06. The number of methoxy groups -OCH3 is 1. The van der Waals surface area contributed by atoms with Crippen LogP contribution in [-0.2, 0) is 4.74 Å². The van der Waals surface area contributed by atoms with Gasteiger partial charge in [-0.2, -0.15) is 0 Å². The highest BCUT2D eigenvalue weighted by molar-refractivity contribution is 5.69. The van der Waals surface area contributed by atoms with Crippen LogP contribution in [0.2, 0.25) is 0 Å². The molecule has 0 radical (unpaired) electrons. The van der Waals surface area contributed by atoms with Gasteiger partial charge < -0.3 is 14.4 Å². The van der Waals surface area contributed by atoms with Crippen LogP contribution in [0.15, 0.2) is 47.6 Å². The van der Waals surface area contributed by atoms with Crippen LogP contribution in [0.3, 0.4) is 0 Å². The number of hydrogen-bond acceptors (Lipinski definition) is 3. The lowest BCUT2D eigenvalue weighted by molar-refractivity contribution is 0.0694. The molecule has 3 aliphatic carbocycles. The van der Waals surface area contributed by atoms with Gasteiger partial charge in [-0.1, -0.05) is 77.2 Å². The average Bonchev–Trinajstić information content (AvgIpc) is 3.11. The fraction of sp³-hybridized carbons (Fsp3) is 0.667. The average molecular weight is 534 g/mol. The third-order valence-corrected chi connectivity index (χ3v) is 9.90. The number of ether oxygens (including phenoxy) is 2. The first-order valence-electron chi connectivity index (χ1n) is 16.1. The van der Waals surface area contributed by atoms with Crippen molar-refractivity contribution in [3.63, 3.8) is 0 Å². The summed E-state index contributed by atoms with van der Waals surface area (Å²) >= 11 is 0. The first kappa shape index (κ1) is 29.8. The van der Waals surface area contributed by atoms with Crippen molar-refractivity contribution in [3.8, 4) is 5.75 Å². The highest BCUT2D eigenvalue weighted by atomic mass is 16.5. The van der Waals surface area contributed by atoms with Gasteiger partial charge in [0.15, 0.2) is 0 Å². The third-order valence-electron chi connectivity index (χ3n) is 9.90. The standard InChI is InChI=1S/C34H49NO2.C2H6/c1-6-8-27-18-24(3)11-14-32(27)30-21-35(20-29-12-15-31(29)28-10-7-9-23(2)17-28)33-19-26(25(4)36-5)13-16-34(33)37-22-30;1-2/h13,16,18-19,23,28-31H,4,6-12,14-15,17,20-22H2,1-3,5H3;1-2H3. The smallest absolute Gasteiger partial charge is 0.142 e. The van der Waals surface area contributed by atoms with Crippen molar-refractivity contribution >= 4 is 11.4 Å². The first-order valence-corrected chi connectivity index (χ1v) is 16.1. The van der Waals surface area contributed by atoms with E-state index in [1.165, 1.54) is 75.5 Å². The van der Waals surface area contributed by atoms with E-state index in [1.807, 2.05) is 13.8 Å². The zero-order valence-corrected chi connectivity index (χ0v) is 25.9. The molecule has 2 fully saturated rings. The molecular weight excluding hydrogens is 478 g/mol. The molecule has 5 atom stereocenters. The molecule has 216 valence electrons. The normalized spacial score (nSPS) is 28.6. The van der Waals surface area contributed by atoms with Crippen molar-refractivity contribution < 1.29 is 9.47 Å². The van der Waals surface area contributed by atoms with E-state index in [-0.39, 0.29) is 0 Å². The van der Waals surface area contributed by atoms with Crippen molar-refractivity contribution in [2.75, 3.05) is 31.7 Å². The molecule has 3 heteroatoms. The number of allylic oxidation sites excluding steroid dienone is 3. The van der Waals surface area contributed by atoms with Gasteiger partial charge in [0.05, 0.1) is 19.4 Å². The molecule has 0 N–H and O–H groups in total. The van der Waals surface area contributed by atoms with Gasteiger partial charge in [0.2, 0.25) is 0 Å². The van der Waals surface area contributed by atoms with Gasteiger partial charge >= 0.3 is 0 Å². The minimum Gasteiger partial charge on any atom is -0.497 e. The van der Waals surface area contributed by atoms with Gasteiger partial charge in [0.1, 0.15) is 11.5 Å². The Morgan fingerprint density at radius 1 is 1.13 bits per heavy atom. The molecule has 4 aliphatic rings. The van der Waals surface area contributed by atoms with E-state index >= 15 is 0 Å². The molecule has 0 bridgehead atoms. The van der Waals surface area contributed by atoms with E-state index in [1.54, 1.807) is 18.3 Å². The summed E-state index contributed by atoms with van der Waals surface area (Å²) in [6.07, 6.45) is 15.8. The Hall–Kier alpha value is -2.16. The molecule has 1 aromatic rings. The molecule has 0 aromatic heterocycles. The fourth-order valence-corrected chi connectivity index (χ4v) is 7.69. The number of rotatable bonds is 8. The summed E-state index contributed by atoms with van der Waals surface area (Å²) < 4.78 is 12.1. The van der Waals surface area contributed by atoms with Gasteiger partial charge in [0.25, 0.3) is 0 Å². The fourth-order valence-electron chi connectivity index (χ4n) is 7.69. The lowest BCUT2D eigenvalue weighted by Gasteiger charge is -2.47. The van der Waals surface area contributed by atoms with Crippen molar-refractivity contribution in [1.29, 1.82) is 0 Å². The van der Waals surface area contributed by atoms with Crippen LogP contribution in [0, 0.1) is 29.6 Å². The molecule has 5 unspecified atom stereocenters. The SMILES string of the molecule is C=C(OC)c1ccc2c(c1)N(CC1CCC1C1CCCC(C)C1)CC(C1=C(CCC)C=C(C)CC1)CO2.CC. The second kappa shape index (κ2) is 14.0. The maximum Gasteiger partial charge on any atom is 0.142 e. The highest BCUT2D eigenvalue weighted by Crippen LogP contribution is 2.48. The van der Waals surface area contributed by atoms with Gasteiger partial charge in [-0.15, -0.1) is 0 Å². The number of fused-ring (bicyclic) bond motifs is 1. The lowest BCUT2D eigenvalue weighted by atomic mass is 9.62. The number of anilines is 1. The Kier molecular flexibility index (Phi) is 10.7. The van der Waals surface area contributed by atoms with Crippen LogP contribution in [0.5, 0.6) is 5.75 Å². The summed E-state index contributed by atoms with van der Waals surface area (Å²) in [7, 11) is 1.71. The Morgan fingerprint density at radius 2 is 1.95 bits per heavy atom. The summed E-state index contributed by atoms with van der Waals surface area (Å²) in [6.45, 7) is 18.2. The highest BCUT2D eigenvalue weighted by Gasteiger charge is 2.40. The van der Waals surface area contributed by atoms with Crippen LogP contribution < -0.4 is 9.64 Å². The second-order valence-electron chi connectivity index (χ2n) is 12.5. The maximum atomic E-state index is 6.59. The minimum atomic E-state index is 0.445. The zero-order chi connectivity index (χ0) is 27.9. The Bertz CT molecular complexity index is 1040. The van der Waals surface area contributed by atoms with E-state index < -0.39 is 0 Å². The van der Waals surface area contributed by atoms with Gasteiger partial charge in [-0.05, 0) is 92.9 Å². The Morgan fingerprint density at radius 3 is 2.64 bits per heavy atom. The van der Waals surface area contributed by atoms with Gasteiger partial charge in [0, 0.05) is 24.6 Å². The molecule has 0 spiro atoms. The maximum absolute atomic E-state index is 6.59. The van der Waals surface area contributed by atoms with E-state index in [9.17, 15) is 0 Å². The molecule has 1 aliphatic heterocycles. The molecule has 1 heterocycles. The van der Waals surface area contributed by atoms with E-state index in [0.29, 0.717) is 5.92 Å². The number of hydrogen-bond donors (Lipinski definition) is 0. The molecule has 0 amide bonds. The molecular formula is C36H55NO2. The third kappa shape index (κ3) is 6.95. The monoisotopic (exact) mass is 533 g/mol. The Balaban J connectivity index is 0.00000172. The van der Waals surface area contributed by atoms with Crippen LogP contribution in [0.4, 0.5) is 5.69 Å². The summed E-state index contributed by atoms with van der Waals surface area (Å²) in [6, 6.07) is 6.52. The van der Waals surface area contributed by atoms with Crippen molar-refractivity contribution in [1.82, 2.24) is 0 Å². The second-order valence-corrected chi connectivity index (χ2v) is 12.5. The summed E-state index contributed by atoms with van der Waals surface area (Å²) in [5, 5.41) is 0. The number of nitrogens with zero attached hydrogens (tertiary/aromatic N) is 1. The van der Waals surface area contributed by atoms with Crippen LogP contribution in [0.25, 0.3) is 5.76 Å². The quantitative estimate of drug-likeness (QED) is 0.310. The van der Waals surface area contributed by atoms with Gasteiger partial charge in [-0.25, -0.2) is 0 Å². The predicted octanol–water partition coefficient (Wildman–Crippen LogP) is 9.83. The molecule has 39 heavy (non-hydrogen) atoms.